The topological polar surface area (TPSA) is 65.1 Å². The highest BCUT2D eigenvalue weighted by atomic mass is 32.1. The molecule has 2 heterocycles. The molecular weight excluding hydrogens is 412 g/mol. The van der Waals surface area contributed by atoms with Crippen molar-refractivity contribution in [2.75, 3.05) is 42.6 Å². The van der Waals surface area contributed by atoms with Gasteiger partial charge in [-0.15, -0.1) is 0 Å². The maximum atomic E-state index is 13.2. The number of rotatable bonds is 5. The van der Waals surface area contributed by atoms with E-state index in [1.54, 1.807) is 30.5 Å². The number of amides is 2. The number of nitrogens with one attached hydrogen (secondary N) is 1. The van der Waals surface area contributed by atoms with Gasteiger partial charge in [-0.25, -0.2) is 0 Å². The molecule has 0 unspecified atom stereocenters. The molecule has 2 amide bonds. The fourth-order valence-electron chi connectivity index (χ4n) is 3.67. The van der Waals surface area contributed by atoms with Crippen molar-refractivity contribution in [3.8, 4) is 5.75 Å². The highest BCUT2D eigenvalue weighted by Crippen LogP contribution is 2.24. The molecule has 1 N–H and O–H groups in total. The summed E-state index contributed by atoms with van der Waals surface area (Å²) in [5.41, 5.74) is 1.84. The number of hydrogen-bond acceptors (Lipinski definition) is 6. The van der Waals surface area contributed by atoms with E-state index in [9.17, 15) is 9.59 Å². The number of nitrogens with zero attached hydrogens (tertiary/aromatic N) is 3. The Morgan fingerprint density at radius 2 is 1.65 bits per heavy atom. The van der Waals surface area contributed by atoms with Gasteiger partial charge in [0.15, 0.2) is 5.11 Å². The predicted octanol–water partition coefficient (Wildman–Crippen LogP) is 2.54. The summed E-state index contributed by atoms with van der Waals surface area (Å²) in [6.07, 6.45) is 1.66. The van der Waals surface area contributed by atoms with Gasteiger partial charge < -0.3 is 14.5 Å². The molecule has 160 valence electrons. The van der Waals surface area contributed by atoms with E-state index in [1.807, 2.05) is 30.0 Å². The van der Waals surface area contributed by atoms with Gasteiger partial charge in [-0.1, -0.05) is 18.2 Å². The van der Waals surface area contributed by atoms with E-state index in [0.29, 0.717) is 31.1 Å². The molecule has 7 nitrogen and oxygen atoms in total. The quantitative estimate of drug-likeness (QED) is 0.442. The Labute approximate surface area is 186 Å². The molecule has 0 aliphatic carbocycles. The monoisotopic (exact) mass is 436 g/mol. The zero-order chi connectivity index (χ0) is 21.8. The van der Waals surface area contributed by atoms with Crippen LogP contribution in [0.25, 0.3) is 0 Å². The van der Waals surface area contributed by atoms with Crippen LogP contribution >= 0.6 is 12.2 Å². The molecule has 2 aliphatic heterocycles. The van der Waals surface area contributed by atoms with Crippen molar-refractivity contribution in [2.45, 2.75) is 6.92 Å². The smallest absolute Gasteiger partial charge is 0.271 e. The first kappa shape index (κ1) is 20.9. The van der Waals surface area contributed by atoms with Crippen molar-refractivity contribution in [3.63, 3.8) is 0 Å². The lowest BCUT2D eigenvalue weighted by Gasteiger charge is -2.36. The lowest BCUT2D eigenvalue weighted by atomic mass is 10.1. The number of carbonyl (C=O) groups is 2. The average Bonchev–Trinajstić information content (AvgIpc) is 2.79. The van der Waals surface area contributed by atoms with Crippen LogP contribution in [-0.2, 0) is 9.59 Å². The summed E-state index contributed by atoms with van der Waals surface area (Å²) < 4.78 is 5.45. The lowest BCUT2D eigenvalue weighted by Crippen LogP contribution is -2.55. The van der Waals surface area contributed by atoms with E-state index in [2.05, 4.69) is 22.3 Å². The Kier molecular flexibility index (Phi) is 6.18. The van der Waals surface area contributed by atoms with Crippen LogP contribution in [0.2, 0.25) is 0 Å². The van der Waals surface area contributed by atoms with E-state index < -0.39 is 11.8 Å². The summed E-state index contributed by atoms with van der Waals surface area (Å²) >= 11 is 5.27. The summed E-state index contributed by atoms with van der Waals surface area (Å²) in [5, 5.41) is 2.71. The molecule has 2 aliphatic rings. The summed E-state index contributed by atoms with van der Waals surface area (Å²) in [7, 11) is 0. The molecule has 31 heavy (non-hydrogen) atoms. The Hall–Kier alpha value is -3.39. The van der Waals surface area contributed by atoms with Crippen molar-refractivity contribution >= 4 is 40.5 Å². The van der Waals surface area contributed by atoms with Gasteiger partial charge in [0.25, 0.3) is 11.8 Å². The highest BCUT2D eigenvalue weighted by molar-refractivity contribution is 7.80. The Morgan fingerprint density at radius 1 is 0.968 bits per heavy atom. The standard InChI is InChI=1S/C23H24N4O3S/c1-2-30-19-10-8-18(9-11-19)27-22(29)20(21(28)24-23(27)31)16-25-12-14-26(15-13-25)17-6-4-3-5-7-17/h3-11,16H,2,12-15H2,1H3,(H,24,28,31). The van der Waals surface area contributed by atoms with E-state index in [-0.39, 0.29) is 10.7 Å². The number of hydrogen-bond donors (Lipinski definition) is 1. The van der Waals surface area contributed by atoms with Crippen LogP contribution in [0.15, 0.2) is 66.4 Å². The normalized spacial score (nSPS) is 18.4. The second kappa shape index (κ2) is 9.18. The molecule has 0 bridgehead atoms. The van der Waals surface area contributed by atoms with Gasteiger partial charge >= 0.3 is 0 Å². The molecule has 0 atom stereocenters. The van der Waals surface area contributed by atoms with Gasteiger partial charge in [0.1, 0.15) is 11.3 Å². The second-order valence-electron chi connectivity index (χ2n) is 7.23. The zero-order valence-electron chi connectivity index (χ0n) is 17.3. The van der Waals surface area contributed by atoms with Crippen LogP contribution in [0.1, 0.15) is 6.92 Å². The molecule has 0 saturated carbocycles. The van der Waals surface area contributed by atoms with Crippen LogP contribution in [0.5, 0.6) is 5.75 Å². The second-order valence-corrected chi connectivity index (χ2v) is 7.61. The van der Waals surface area contributed by atoms with Crippen LogP contribution in [0, 0.1) is 0 Å². The van der Waals surface area contributed by atoms with Crippen molar-refractivity contribution in [1.82, 2.24) is 10.2 Å². The van der Waals surface area contributed by atoms with Crippen molar-refractivity contribution in [2.24, 2.45) is 0 Å². The van der Waals surface area contributed by atoms with E-state index >= 15 is 0 Å². The van der Waals surface area contributed by atoms with Gasteiger partial charge in [0.2, 0.25) is 0 Å². The third-order valence-electron chi connectivity index (χ3n) is 5.25. The SMILES string of the molecule is CCOc1ccc(N2C(=O)C(=CN3CCN(c4ccccc4)CC3)C(=O)NC2=S)cc1. The van der Waals surface area contributed by atoms with E-state index in [1.165, 1.54) is 10.6 Å². The molecule has 2 fully saturated rings. The third-order valence-corrected chi connectivity index (χ3v) is 5.54. The Balaban J connectivity index is 1.48. The number of anilines is 2. The third kappa shape index (κ3) is 4.54. The molecule has 0 radical (unpaired) electrons. The number of para-hydroxylation sites is 1. The fourth-order valence-corrected chi connectivity index (χ4v) is 3.95. The maximum Gasteiger partial charge on any atom is 0.271 e. The first-order valence-electron chi connectivity index (χ1n) is 10.3. The van der Waals surface area contributed by atoms with Gasteiger partial charge in [-0.05, 0) is 55.5 Å². The van der Waals surface area contributed by atoms with Crippen molar-refractivity contribution < 1.29 is 14.3 Å². The largest absolute Gasteiger partial charge is 0.494 e. The first-order chi connectivity index (χ1) is 15.1. The summed E-state index contributed by atoms with van der Waals surface area (Å²) in [6, 6.07) is 17.3. The van der Waals surface area contributed by atoms with E-state index in [4.69, 9.17) is 17.0 Å². The number of piperazine rings is 1. The molecule has 2 aromatic rings. The number of benzene rings is 2. The number of ether oxygens (including phenoxy) is 1. The first-order valence-corrected chi connectivity index (χ1v) is 10.7. The predicted molar refractivity (Wildman–Crippen MR) is 124 cm³/mol. The minimum Gasteiger partial charge on any atom is -0.494 e. The van der Waals surface area contributed by atoms with Gasteiger partial charge in [-0.3, -0.25) is 19.8 Å². The Morgan fingerprint density at radius 3 is 2.29 bits per heavy atom. The zero-order valence-corrected chi connectivity index (χ0v) is 18.1. The van der Waals surface area contributed by atoms with Gasteiger partial charge in [0.05, 0.1) is 12.3 Å². The molecule has 2 saturated heterocycles. The molecule has 0 aromatic heterocycles. The van der Waals surface area contributed by atoms with E-state index in [0.717, 1.165) is 13.1 Å². The number of carbonyl (C=O) groups excluding carboxylic acids is 2. The van der Waals surface area contributed by atoms with Gasteiger partial charge in [0, 0.05) is 38.1 Å². The van der Waals surface area contributed by atoms with Crippen LogP contribution in [-0.4, -0.2) is 54.6 Å². The molecule has 8 heteroatoms. The van der Waals surface area contributed by atoms with Crippen molar-refractivity contribution in [3.05, 3.63) is 66.4 Å². The molecular formula is C23H24N4O3S. The van der Waals surface area contributed by atoms with Gasteiger partial charge in [-0.2, -0.15) is 0 Å². The lowest BCUT2D eigenvalue weighted by molar-refractivity contribution is -0.122. The van der Waals surface area contributed by atoms with Crippen LogP contribution in [0.3, 0.4) is 0 Å². The summed E-state index contributed by atoms with van der Waals surface area (Å²) in [6.45, 7) is 5.51. The Bertz CT molecular complexity index is 999. The molecule has 2 aromatic carbocycles. The summed E-state index contributed by atoms with van der Waals surface area (Å²) in [4.78, 5) is 31.3. The van der Waals surface area contributed by atoms with Crippen molar-refractivity contribution in [1.29, 1.82) is 0 Å². The number of thiocarbonyl (C=S) groups is 1. The maximum absolute atomic E-state index is 13.2. The van der Waals surface area contributed by atoms with Crippen LogP contribution in [0.4, 0.5) is 11.4 Å². The minimum atomic E-state index is -0.470. The average molecular weight is 437 g/mol. The molecule has 4 rings (SSSR count). The molecule has 0 spiro atoms. The van der Waals surface area contributed by atoms with Crippen LogP contribution < -0.4 is 19.9 Å². The fraction of sp³-hybridized carbons (Fsp3) is 0.261. The summed E-state index contributed by atoms with van der Waals surface area (Å²) in [5.74, 6) is -0.191. The highest BCUT2D eigenvalue weighted by Gasteiger charge is 2.35. The minimum absolute atomic E-state index is 0.0743.